The van der Waals surface area contributed by atoms with Crippen molar-refractivity contribution in [3.05, 3.63) is 97.1 Å². The summed E-state index contributed by atoms with van der Waals surface area (Å²) < 4.78 is 35.7. The van der Waals surface area contributed by atoms with Gasteiger partial charge in [-0.05, 0) is 66.7 Å². The normalized spacial score (nSPS) is 11.4. The SMILES string of the molecule is COc1ccc(-c2nnc3c4ccccc4c(Nc4cccc(NS(=O)(=O)c5ccc(NC(C)=O)cc5)c4)nn23)cc1. The molecule has 3 N–H and O–H groups in total. The molecule has 0 radical (unpaired) electrons. The topological polar surface area (TPSA) is 140 Å². The van der Waals surface area contributed by atoms with Gasteiger partial charge in [-0.15, -0.1) is 15.3 Å². The number of nitrogens with zero attached hydrogens (tertiary/aromatic N) is 4. The van der Waals surface area contributed by atoms with Gasteiger partial charge < -0.3 is 15.4 Å². The van der Waals surface area contributed by atoms with Crippen LogP contribution in [0.25, 0.3) is 27.8 Å². The van der Waals surface area contributed by atoms with Gasteiger partial charge in [0.1, 0.15) is 5.75 Å². The summed E-state index contributed by atoms with van der Waals surface area (Å²) in [6.07, 6.45) is 0. The van der Waals surface area contributed by atoms with E-state index in [1.165, 1.54) is 31.2 Å². The largest absolute Gasteiger partial charge is 0.497 e. The Morgan fingerprint density at radius 2 is 1.52 bits per heavy atom. The number of benzene rings is 4. The number of hydrogen-bond donors (Lipinski definition) is 3. The zero-order valence-corrected chi connectivity index (χ0v) is 23.4. The van der Waals surface area contributed by atoms with Crippen molar-refractivity contribution in [1.82, 2.24) is 19.8 Å². The lowest BCUT2D eigenvalue weighted by Gasteiger charge is -2.13. The Balaban J connectivity index is 1.32. The predicted molar refractivity (Wildman–Crippen MR) is 162 cm³/mol. The number of hydrogen-bond acceptors (Lipinski definition) is 8. The Labute approximate surface area is 241 Å². The van der Waals surface area contributed by atoms with E-state index < -0.39 is 10.0 Å². The van der Waals surface area contributed by atoms with Gasteiger partial charge in [-0.2, -0.15) is 4.52 Å². The molecule has 0 unspecified atom stereocenters. The second-order valence-corrected chi connectivity index (χ2v) is 11.1. The molecule has 0 atom stereocenters. The number of carbonyl (C=O) groups is 1. The van der Waals surface area contributed by atoms with Crippen LogP contribution >= 0.6 is 0 Å². The maximum atomic E-state index is 13.1. The van der Waals surface area contributed by atoms with Crippen molar-refractivity contribution in [3.63, 3.8) is 0 Å². The average Bonchev–Trinajstić information content (AvgIpc) is 3.41. The van der Waals surface area contributed by atoms with Crippen LogP contribution in [0.4, 0.5) is 22.9 Å². The molecule has 1 amide bonds. The molecule has 0 saturated carbocycles. The summed E-state index contributed by atoms with van der Waals surface area (Å²) in [4.78, 5) is 11.3. The lowest BCUT2D eigenvalue weighted by Crippen LogP contribution is -2.13. The first-order valence-corrected chi connectivity index (χ1v) is 14.4. The van der Waals surface area contributed by atoms with Crippen LogP contribution in [0.2, 0.25) is 0 Å². The quantitative estimate of drug-likeness (QED) is 0.216. The van der Waals surface area contributed by atoms with Crippen LogP contribution < -0.4 is 20.1 Å². The minimum atomic E-state index is -3.88. The van der Waals surface area contributed by atoms with Crippen LogP contribution in [0, 0.1) is 0 Å². The molecule has 0 spiro atoms. The van der Waals surface area contributed by atoms with Gasteiger partial charge in [0.15, 0.2) is 17.3 Å². The fraction of sp³-hybridized carbons (Fsp3) is 0.0667. The molecule has 0 aliphatic rings. The first kappa shape index (κ1) is 26.7. The van der Waals surface area contributed by atoms with E-state index in [-0.39, 0.29) is 10.8 Å². The Kier molecular flexibility index (Phi) is 6.88. The molecule has 210 valence electrons. The van der Waals surface area contributed by atoms with Crippen molar-refractivity contribution < 1.29 is 17.9 Å². The van der Waals surface area contributed by atoms with Gasteiger partial charge in [0.25, 0.3) is 10.0 Å². The molecule has 2 heterocycles. The van der Waals surface area contributed by atoms with Crippen LogP contribution in [0.15, 0.2) is 102 Å². The van der Waals surface area contributed by atoms with E-state index in [0.717, 1.165) is 22.1 Å². The minimum Gasteiger partial charge on any atom is -0.497 e. The van der Waals surface area contributed by atoms with Crippen molar-refractivity contribution in [2.24, 2.45) is 0 Å². The highest BCUT2D eigenvalue weighted by Gasteiger charge is 2.17. The molecule has 11 nitrogen and oxygen atoms in total. The van der Waals surface area contributed by atoms with Crippen LogP contribution in [-0.4, -0.2) is 41.2 Å². The Morgan fingerprint density at radius 1 is 0.810 bits per heavy atom. The van der Waals surface area contributed by atoms with Crippen molar-refractivity contribution in [1.29, 1.82) is 0 Å². The molecular weight excluding hydrogens is 554 g/mol. The summed E-state index contributed by atoms with van der Waals surface area (Å²) in [5.74, 6) is 1.59. The highest BCUT2D eigenvalue weighted by molar-refractivity contribution is 7.92. The number of methoxy groups -OCH3 is 1. The number of rotatable bonds is 8. The monoisotopic (exact) mass is 579 g/mol. The summed E-state index contributed by atoms with van der Waals surface area (Å²) in [6.45, 7) is 1.38. The minimum absolute atomic E-state index is 0.0618. The highest BCUT2D eigenvalue weighted by Crippen LogP contribution is 2.31. The number of anilines is 4. The van der Waals surface area contributed by atoms with E-state index in [2.05, 4.69) is 25.6 Å². The number of nitrogens with one attached hydrogen (secondary N) is 3. The third-order valence-corrected chi connectivity index (χ3v) is 7.87. The number of sulfonamides is 1. The fourth-order valence-corrected chi connectivity index (χ4v) is 5.57. The number of carbonyl (C=O) groups excluding carboxylic acids is 1. The van der Waals surface area contributed by atoms with Gasteiger partial charge in [-0.1, -0.05) is 30.3 Å². The van der Waals surface area contributed by atoms with Gasteiger partial charge in [-0.3, -0.25) is 9.52 Å². The molecule has 0 saturated heterocycles. The number of aromatic nitrogens is 4. The predicted octanol–water partition coefficient (Wildman–Crippen LogP) is 5.46. The van der Waals surface area contributed by atoms with Crippen molar-refractivity contribution >= 4 is 55.2 Å². The van der Waals surface area contributed by atoms with Gasteiger partial charge in [0, 0.05) is 34.6 Å². The molecule has 0 aliphatic carbocycles. The molecule has 6 rings (SSSR count). The van der Waals surface area contributed by atoms with Crippen molar-refractivity contribution in [2.45, 2.75) is 11.8 Å². The zero-order valence-electron chi connectivity index (χ0n) is 22.6. The third kappa shape index (κ3) is 5.30. The smallest absolute Gasteiger partial charge is 0.261 e. The first-order chi connectivity index (χ1) is 20.3. The zero-order chi connectivity index (χ0) is 29.3. The molecule has 6 aromatic rings. The van der Waals surface area contributed by atoms with Crippen LogP contribution in [0.1, 0.15) is 6.92 Å². The fourth-order valence-electron chi connectivity index (χ4n) is 4.53. The summed E-state index contributed by atoms with van der Waals surface area (Å²) in [5.41, 5.74) is 2.91. The van der Waals surface area contributed by atoms with Crippen LogP contribution in [-0.2, 0) is 14.8 Å². The third-order valence-electron chi connectivity index (χ3n) is 6.47. The number of fused-ring (bicyclic) bond motifs is 3. The molecular formula is C30H25N7O4S. The standard InChI is InChI=1S/C30H25N7O4S/c1-19(38)31-21-12-16-25(17-13-21)42(39,40)36-23-7-5-6-22(18-23)32-28-26-8-3-4-9-27(26)30-34-33-29(37(30)35-28)20-10-14-24(41-2)15-11-20/h3-18,36H,1-2H3,(H,31,38)(H,32,35). The van der Waals surface area contributed by atoms with Gasteiger partial charge in [-0.25, -0.2) is 8.42 Å². The van der Waals surface area contributed by atoms with E-state index in [1.54, 1.807) is 29.8 Å². The van der Waals surface area contributed by atoms with E-state index in [1.807, 2.05) is 54.6 Å². The second-order valence-electron chi connectivity index (χ2n) is 9.40. The summed E-state index contributed by atoms with van der Waals surface area (Å²) >= 11 is 0. The lowest BCUT2D eigenvalue weighted by atomic mass is 10.1. The average molecular weight is 580 g/mol. The van der Waals surface area contributed by atoms with E-state index in [9.17, 15) is 13.2 Å². The number of amides is 1. The Hall–Kier alpha value is -5.49. The number of ether oxygens (including phenoxy) is 1. The van der Waals surface area contributed by atoms with Crippen LogP contribution in [0.3, 0.4) is 0 Å². The molecule has 2 aromatic heterocycles. The molecule has 0 bridgehead atoms. The van der Waals surface area contributed by atoms with E-state index in [0.29, 0.717) is 34.4 Å². The summed E-state index contributed by atoms with van der Waals surface area (Å²) in [5, 5.41) is 21.3. The van der Waals surface area contributed by atoms with Gasteiger partial charge in [0.05, 0.1) is 17.7 Å². The molecule has 12 heteroatoms. The van der Waals surface area contributed by atoms with Gasteiger partial charge in [0.2, 0.25) is 5.91 Å². The van der Waals surface area contributed by atoms with Crippen LogP contribution in [0.5, 0.6) is 5.75 Å². The summed E-state index contributed by atoms with van der Waals surface area (Å²) in [7, 11) is -2.27. The first-order valence-electron chi connectivity index (χ1n) is 12.9. The molecule has 4 aromatic carbocycles. The second kappa shape index (κ2) is 10.8. The Morgan fingerprint density at radius 3 is 2.24 bits per heavy atom. The van der Waals surface area contributed by atoms with Crippen molar-refractivity contribution in [2.75, 3.05) is 22.5 Å². The van der Waals surface area contributed by atoms with Crippen molar-refractivity contribution in [3.8, 4) is 17.1 Å². The maximum absolute atomic E-state index is 13.1. The maximum Gasteiger partial charge on any atom is 0.261 e. The molecule has 0 aliphatic heterocycles. The molecule has 0 fully saturated rings. The van der Waals surface area contributed by atoms with E-state index in [4.69, 9.17) is 9.84 Å². The summed E-state index contributed by atoms with van der Waals surface area (Å²) in [6, 6.07) is 28.0. The lowest BCUT2D eigenvalue weighted by molar-refractivity contribution is -0.114. The van der Waals surface area contributed by atoms with E-state index >= 15 is 0 Å². The Bertz CT molecular complexity index is 2040. The highest BCUT2D eigenvalue weighted by atomic mass is 32.2. The van der Waals surface area contributed by atoms with Gasteiger partial charge >= 0.3 is 0 Å². The molecule has 42 heavy (non-hydrogen) atoms.